The lowest BCUT2D eigenvalue weighted by atomic mass is 9.32. The SMILES string of the molecule is CC(C=O)[C@@H]1CC[C@]2(C(=O)O)CC[C@]3(C)C(CC[C@@H]4[C@@]5(C)CC[C@@H](O)C(C)(C)[C@@H]5CC[C@]43C)[C@H]12. The number of carbonyl (C=O) groups excluding carboxylic acids is 1. The number of hydrogen-bond acceptors (Lipinski definition) is 3. The summed E-state index contributed by atoms with van der Waals surface area (Å²) in [5.41, 5.74) is -0.155. The van der Waals surface area contributed by atoms with Gasteiger partial charge < -0.3 is 15.0 Å². The molecule has 5 fully saturated rings. The van der Waals surface area contributed by atoms with E-state index in [4.69, 9.17) is 0 Å². The van der Waals surface area contributed by atoms with E-state index < -0.39 is 11.4 Å². The van der Waals surface area contributed by atoms with Gasteiger partial charge in [0, 0.05) is 5.92 Å². The quantitative estimate of drug-likeness (QED) is 0.469. The number of aliphatic hydroxyl groups is 1. The first-order chi connectivity index (χ1) is 15.8. The summed E-state index contributed by atoms with van der Waals surface area (Å²) in [4.78, 5) is 24.7. The predicted molar refractivity (Wildman–Crippen MR) is 133 cm³/mol. The Kier molecular flexibility index (Phi) is 5.51. The zero-order valence-corrected chi connectivity index (χ0v) is 22.4. The summed E-state index contributed by atoms with van der Waals surface area (Å²) >= 11 is 0. The summed E-state index contributed by atoms with van der Waals surface area (Å²) < 4.78 is 0. The first-order valence-electron chi connectivity index (χ1n) is 14.2. The third-order valence-electron chi connectivity index (χ3n) is 13.8. The standard InChI is InChI=1S/C30H48O4/c1-18(17-31)19-9-14-30(25(33)34)16-15-28(5)20(24(19)30)7-8-22-27(4)12-11-23(32)26(2,3)21(27)10-13-29(22,28)6/h17-24,32H,7-16H2,1-6H3,(H,33,34)/t18?,19-,20?,21-,22+,23+,24-,27-,28+,29+,30-/m0/s1. The van der Waals surface area contributed by atoms with Crippen molar-refractivity contribution in [1.29, 1.82) is 0 Å². The van der Waals surface area contributed by atoms with Crippen molar-refractivity contribution in [2.75, 3.05) is 0 Å². The highest BCUT2D eigenvalue weighted by molar-refractivity contribution is 5.76. The van der Waals surface area contributed by atoms with Crippen LogP contribution in [-0.2, 0) is 9.59 Å². The lowest BCUT2D eigenvalue weighted by Gasteiger charge is -2.72. The number of carboxylic acids is 1. The summed E-state index contributed by atoms with van der Waals surface area (Å²) in [7, 11) is 0. The monoisotopic (exact) mass is 472 g/mol. The van der Waals surface area contributed by atoms with Gasteiger partial charge in [-0.05, 0) is 115 Å². The number of carbonyl (C=O) groups is 2. The van der Waals surface area contributed by atoms with Gasteiger partial charge in [-0.3, -0.25) is 4.79 Å². The zero-order chi connectivity index (χ0) is 24.9. The van der Waals surface area contributed by atoms with Crippen LogP contribution in [0, 0.1) is 62.6 Å². The number of aldehydes is 1. The summed E-state index contributed by atoms with van der Waals surface area (Å²) in [5, 5.41) is 21.4. The predicted octanol–water partition coefficient (Wildman–Crippen LogP) is 6.35. The molecule has 0 amide bonds. The minimum Gasteiger partial charge on any atom is -0.481 e. The second-order valence-electron chi connectivity index (χ2n) is 14.7. The molecule has 4 heteroatoms. The van der Waals surface area contributed by atoms with E-state index in [1.165, 1.54) is 19.3 Å². The molecule has 0 aromatic carbocycles. The molecule has 5 saturated carbocycles. The molecule has 5 rings (SSSR count). The van der Waals surface area contributed by atoms with Gasteiger partial charge in [0.05, 0.1) is 11.5 Å². The van der Waals surface area contributed by atoms with Gasteiger partial charge in [0.1, 0.15) is 6.29 Å². The Morgan fingerprint density at radius 1 is 0.853 bits per heavy atom. The molecule has 0 radical (unpaired) electrons. The Hall–Kier alpha value is -0.900. The van der Waals surface area contributed by atoms with E-state index in [2.05, 4.69) is 34.6 Å². The van der Waals surface area contributed by atoms with Crippen LogP contribution in [0.4, 0.5) is 0 Å². The van der Waals surface area contributed by atoms with Crippen LogP contribution in [0.5, 0.6) is 0 Å². The number of aliphatic carboxylic acids is 1. The molecule has 4 nitrogen and oxygen atoms in total. The van der Waals surface area contributed by atoms with Crippen LogP contribution in [0.3, 0.4) is 0 Å². The molecule has 0 bridgehead atoms. The van der Waals surface area contributed by atoms with E-state index in [-0.39, 0.29) is 45.5 Å². The lowest BCUT2D eigenvalue weighted by molar-refractivity contribution is -0.249. The average molecular weight is 473 g/mol. The van der Waals surface area contributed by atoms with Gasteiger partial charge in [-0.25, -0.2) is 0 Å². The molecule has 5 aliphatic rings. The molecule has 0 aromatic rings. The van der Waals surface area contributed by atoms with Gasteiger partial charge in [0.25, 0.3) is 0 Å². The highest BCUT2D eigenvalue weighted by Crippen LogP contribution is 2.77. The molecule has 0 heterocycles. The van der Waals surface area contributed by atoms with E-state index in [1.807, 2.05) is 6.92 Å². The van der Waals surface area contributed by atoms with E-state index >= 15 is 0 Å². The molecule has 2 unspecified atom stereocenters. The second-order valence-corrected chi connectivity index (χ2v) is 14.7. The highest BCUT2D eigenvalue weighted by atomic mass is 16.4. The largest absolute Gasteiger partial charge is 0.481 e. The first-order valence-corrected chi connectivity index (χ1v) is 14.2. The van der Waals surface area contributed by atoms with Gasteiger partial charge in [-0.2, -0.15) is 0 Å². The van der Waals surface area contributed by atoms with Crippen molar-refractivity contribution in [3.63, 3.8) is 0 Å². The van der Waals surface area contributed by atoms with Crippen LogP contribution < -0.4 is 0 Å². The molecule has 11 atom stereocenters. The van der Waals surface area contributed by atoms with Gasteiger partial charge in [-0.1, -0.05) is 41.5 Å². The van der Waals surface area contributed by atoms with E-state index in [0.29, 0.717) is 17.8 Å². The van der Waals surface area contributed by atoms with Crippen molar-refractivity contribution < 1.29 is 19.8 Å². The van der Waals surface area contributed by atoms with Crippen LogP contribution in [0.15, 0.2) is 0 Å². The molecule has 0 aliphatic heterocycles. The maximum Gasteiger partial charge on any atom is 0.309 e. The number of fused-ring (bicyclic) bond motifs is 7. The molecule has 0 spiro atoms. The normalized spacial score (nSPS) is 54.7. The fourth-order valence-electron chi connectivity index (χ4n) is 11.7. The van der Waals surface area contributed by atoms with E-state index in [9.17, 15) is 19.8 Å². The van der Waals surface area contributed by atoms with Gasteiger partial charge in [0.15, 0.2) is 0 Å². The van der Waals surface area contributed by atoms with Crippen molar-refractivity contribution in [3.05, 3.63) is 0 Å². The summed E-state index contributed by atoms with van der Waals surface area (Å²) in [6.45, 7) is 14.2. The number of carboxylic acid groups (broad SMARTS) is 1. The van der Waals surface area contributed by atoms with Crippen LogP contribution in [0.2, 0.25) is 0 Å². The maximum atomic E-state index is 12.8. The van der Waals surface area contributed by atoms with Crippen molar-refractivity contribution in [2.24, 2.45) is 62.6 Å². The molecule has 0 saturated heterocycles. The lowest BCUT2D eigenvalue weighted by Crippen LogP contribution is -2.67. The average Bonchev–Trinajstić information content (AvgIpc) is 3.18. The Labute approximate surface area is 206 Å². The fraction of sp³-hybridized carbons (Fsp3) is 0.933. The smallest absolute Gasteiger partial charge is 0.309 e. The van der Waals surface area contributed by atoms with Gasteiger partial charge >= 0.3 is 5.97 Å². The topological polar surface area (TPSA) is 74.6 Å². The van der Waals surface area contributed by atoms with Crippen LogP contribution in [0.1, 0.15) is 106 Å². The Morgan fingerprint density at radius 2 is 1.56 bits per heavy atom. The molecule has 5 aliphatic carbocycles. The Morgan fingerprint density at radius 3 is 2.21 bits per heavy atom. The minimum absolute atomic E-state index is 0.0486. The highest BCUT2D eigenvalue weighted by Gasteiger charge is 2.72. The summed E-state index contributed by atoms with van der Waals surface area (Å²) in [5.74, 6) is 1.20. The minimum atomic E-state index is -0.632. The maximum absolute atomic E-state index is 12.8. The molecule has 34 heavy (non-hydrogen) atoms. The third kappa shape index (κ3) is 2.81. The molecule has 2 N–H and O–H groups in total. The summed E-state index contributed by atoms with van der Waals surface area (Å²) in [6.07, 6.45) is 10.9. The van der Waals surface area contributed by atoms with Crippen molar-refractivity contribution in [2.45, 2.75) is 112 Å². The van der Waals surface area contributed by atoms with E-state index in [0.717, 1.165) is 51.2 Å². The first kappa shape index (κ1) is 24.8. The number of hydrogen-bond donors (Lipinski definition) is 2. The van der Waals surface area contributed by atoms with Crippen molar-refractivity contribution >= 4 is 12.3 Å². The molecular formula is C30H48O4. The number of aliphatic hydroxyl groups excluding tert-OH is 1. The molecular weight excluding hydrogens is 424 g/mol. The van der Waals surface area contributed by atoms with Crippen molar-refractivity contribution in [1.82, 2.24) is 0 Å². The zero-order valence-electron chi connectivity index (χ0n) is 22.4. The van der Waals surface area contributed by atoms with Gasteiger partial charge in [0.2, 0.25) is 0 Å². The third-order valence-corrected chi connectivity index (χ3v) is 13.8. The van der Waals surface area contributed by atoms with E-state index in [1.54, 1.807) is 0 Å². The van der Waals surface area contributed by atoms with Crippen LogP contribution in [0.25, 0.3) is 0 Å². The second kappa shape index (κ2) is 7.56. The Bertz CT molecular complexity index is 866. The van der Waals surface area contributed by atoms with Crippen LogP contribution in [-0.4, -0.2) is 28.6 Å². The Balaban J connectivity index is 1.56. The summed E-state index contributed by atoms with van der Waals surface area (Å²) in [6, 6.07) is 0. The van der Waals surface area contributed by atoms with Crippen molar-refractivity contribution in [3.8, 4) is 0 Å². The molecule has 0 aromatic heterocycles. The fourth-order valence-corrected chi connectivity index (χ4v) is 11.7. The molecule has 192 valence electrons. The van der Waals surface area contributed by atoms with Crippen LogP contribution >= 0.6 is 0 Å². The number of rotatable bonds is 3. The van der Waals surface area contributed by atoms with Gasteiger partial charge in [-0.15, -0.1) is 0 Å².